The van der Waals surface area contributed by atoms with E-state index in [2.05, 4.69) is 15.3 Å². The van der Waals surface area contributed by atoms with E-state index in [1.54, 1.807) is 19.2 Å². The Hall–Kier alpha value is -3.76. The lowest BCUT2D eigenvalue weighted by molar-refractivity contribution is -0.128. The Labute approximate surface area is 181 Å². The zero-order chi connectivity index (χ0) is 23.2. The number of likely N-dealkylation sites (tertiary alicyclic amines) is 1. The van der Waals surface area contributed by atoms with Gasteiger partial charge in [-0.1, -0.05) is 12.1 Å². The molecule has 0 saturated carbocycles. The van der Waals surface area contributed by atoms with Crippen molar-refractivity contribution in [2.45, 2.75) is 18.9 Å². The van der Waals surface area contributed by atoms with E-state index < -0.39 is 29.0 Å². The Morgan fingerprint density at radius 3 is 2.69 bits per heavy atom. The molecule has 1 saturated heterocycles. The van der Waals surface area contributed by atoms with E-state index in [0.29, 0.717) is 17.8 Å². The third kappa shape index (κ3) is 3.59. The fourth-order valence-corrected chi connectivity index (χ4v) is 4.18. The van der Waals surface area contributed by atoms with Crippen LogP contribution in [0.5, 0.6) is 0 Å². The Morgan fingerprint density at radius 2 is 1.97 bits per heavy atom. The molecule has 2 atom stereocenters. The van der Waals surface area contributed by atoms with Crippen LogP contribution in [0.25, 0.3) is 11.2 Å². The lowest BCUT2D eigenvalue weighted by atomic mass is 9.93. The van der Waals surface area contributed by atoms with Crippen LogP contribution in [0.15, 0.2) is 33.9 Å². The first-order valence-electron chi connectivity index (χ1n) is 10.1. The number of aryl methyl sites for hydroxylation is 1. The van der Waals surface area contributed by atoms with Crippen molar-refractivity contribution in [1.82, 2.24) is 29.3 Å². The molecule has 11 heteroatoms. The molecule has 32 heavy (non-hydrogen) atoms. The summed E-state index contributed by atoms with van der Waals surface area (Å²) >= 11 is 0. The highest BCUT2D eigenvalue weighted by Crippen LogP contribution is 2.37. The van der Waals surface area contributed by atoms with Crippen LogP contribution in [0.2, 0.25) is 0 Å². The van der Waals surface area contributed by atoms with Gasteiger partial charge in [-0.3, -0.25) is 23.5 Å². The molecule has 168 valence electrons. The van der Waals surface area contributed by atoms with Crippen LogP contribution in [-0.2, 0) is 30.1 Å². The molecule has 1 aliphatic heterocycles. The second kappa shape index (κ2) is 8.06. The van der Waals surface area contributed by atoms with Crippen molar-refractivity contribution >= 4 is 23.0 Å². The van der Waals surface area contributed by atoms with Gasteiger partial charge >= 0.3 is 5.69 Å². The molecule has 2 aromatic heterocycles. The third-order valence-electron chi connectivity index (χ3n) is 5.92. The molecule has 10 nitrogen and oxygen atoms in total. The highest BCUT2D eigenvalue weighted by Gasteiger charge is 2.42. The maximum atomic E-state index is 13.7. The lowest BCUT2D eigenvalue weighted by Crippen LogP contribution is -2.36. The van der Waals surface area contributed by atoms with Crippen molar-refractivity contribution in [3.63, 3.8) is 0 Å². The van der Waals surface area contributed by atoms with Crippen LogP contribution in [0, 0.1) is 11.7 Å². The molecular weight excluding hydrogens is 419 g/mol. The average Bonchev–Trinajstić information content (AvgIpc) is 3.32. The number of fused-ring (bicyclic) bond motifs is 1. The number of carbonyl (C=O) groups excluding carboxylic acids is 2. The molecule has 3 aromatic rings. The summed E-state index contributed by atoms with van der Waals surface area (Å²) in [6.45, 7) is 0.206. The molecule has 0 aliphatic carbocycles. The molecule has 1 aliphatic rings. The number of hydrogen-bond donors (Lipinski definition) is 2. The summed E-state index contributed by atoms with van der Waals surface area (Å²) in [4.78, 5) is 58.1. The minimum absolute atomic E-state index is 0.0340. The van der Waals surface area contributed by atoms with Crippen LogP contribution >= 0.6 is 0 Å². The minimum Gasteiger partial charge on any atom is -0.355 e. The third-order valence-corrected chi connectivity index (χ3v) is 5.92. The van der Waals surface area contributed by atoms with Gasteiger partial charge in [0.1, 0.15) is 17.2 Å². The normalized spacial score (nSPS) is 18.5. The molecule has 0 bridgehead atoms. The van der Waals surface area contributed by atoms with Gasteiger partial charge in [-0.2, -0.15) is 0 Å². The number of H-pyrrole nitrogens is 1. The van der Waals surface area contributed by atoms with Crippen molar-refractivity contribution in [2.24, 2.45) is 20.0 Å². The first-order valence-corrected chi connectivity index (χ1v) is 10.1. The number of nitrogens with zero attached hydrogens (tertiary/aromatic N) is 4. The summed E-state index contributed by atoms with van der Waals surface area (Å²) in [5.41, 5.74) is 0.0647. The van der Waals surface area contributed by atoms with Gasteiger partial charge in [0.05, 0.1) is 12.0 Å². The molecule has 1 fully saturated rings. The van der Waals surface area contributed by atoms with Crippen LogP contribution in [0.4, 0.5) is 4.39 Å². The summed E-state index contributed by atoms with van der Waals surface area (Å²) in [6.07, 6.45) is 0.325. The maximum absolute atomic E-state index is 13.7. The summed E-state index contributed by atoms with van der Waals surface area (Å²) < 4.78 is 16.0. The molecular formula is C21H23FN6O4. The molecule has 2 N–H and O–H groups in total. The fourth-order valence-electron chi connectivity index (χ4n) is 4.18. The van der Waals surface area contributed by atoms with Crippen molar-refractivity contribution < 1.29 is 14.0 Å². The van der Waals surface area contributed by atoms with Gasteiger partial charge in [0.15, 0.2) is 5.65 Å². The van der Waals surface area contributed by atoms with E-state index in [1.807, 2.05) is 0 Å². The summed E-state index contributed by atoms with van der Waals surface area (Å²) in [5.74, 6) is -1.15. The predicted molar refractivity (Wildman–Crippen MR) is 113 cm³/mol. The number of aromatic amines is 1. The first kappa shape index (κ1) is 21.5. The van der Waals surface area contributed by atoms with Gasteiger partial charge in [0.2, 0.25) is 11.8 Å². The van der Waals surface area contributed by atoms with Gasteiger partial charge in [-0.15, -0.1) is 0 Å². The molecule has 1 aromatic carbocycles. The van der Waals surface area contributed by atoms with Crippen molar-refractivity contribution in [2.75, 3.05) is 13.6 Å². The Balaban J connectivity index is 1.48. The minimum atomic E-state index is -0.655. The molecule has 0 radical (unpaired) electrons. The standard InChI is InChI=1S/C21H23FN6O4/c1-26-15(29)10-13(17(26)11-5-4-6-12(22)9-11)19(30)23-8-7-14-24-16-18(25-14)27(2)21(32)28(3)20(16)31/h4-6,9,13,17H,7-8,10H2,1-3H3,(H,23,30)(H,24,25). The van der Waals surface area contributed by atoms with Crippen LogP contribution < -0.4 is 16.6 Å². The second-order valence-electron chi connectivity index (χ2n) is 7.94. The van der Waals surface area contributed by atoms with E-state index in [4.69, 9.17) is 0 Å². The first-order chi connectivity index (χ1) is 15.2. The fraction of sp³-hybridized carbons (Fsp3) is 0.381. The van der Waals surface area contributed by atoms with Crippen LogP contribution in [-0.4, -0.2) is 49.4 Å². The van der Waals surface area contributed by atoms with Crippen LogP contribution in [0.1, 0.15) is 23.9 Å². The largest absolute Gasteiger partial charge is 0.355 e. The summed E-state index contributed by atoms with van der Waals surface area (Å²) in [7, 11) is 4.51. The molecule has 2 unspecified atom stereocenters. The predicted octanol–water partition coefficient (Wildman–Crippen LogP) is -0.0223. The van der Waals surface area contributed by atoms with Gasteiger partial charge in [0.25, 0.3) is 5.56 Å². The number of halogens is 1. The topological polar surface area (TPSA) is 122 Å². The summed E-state index contributed by atoms with van der Waals surface area (Å²) in [5, 5.41) is 2.80. The monoisotopic (exact) mass is 442 g/mol. The Morgan fingerprint density at radius 1 is 1.22 bits per heavy atom. The Bertz CT molecular complexity index is 1340. The van der Waals surface area contributed by atoms with E-state index in [-0.39, 0.29) is 35.9 Å². The number of aromatic nitrogens is 4. The van der Waals surface area contributed by atoms with Crippen molar-refractivity contribution in [3.05, 3.63) is 62.3 Å². The quantitative estimate of drug-likeness (QED) is 0.575. The van der Waals surface area contributed by atoms with Crippen LogP contribution in [0.3, 0.4) is 0 Å². The average molecular weight is 442 g/mol. The van der Waals surface area contributed by atoms with E-state index >= 15 is 0 Å². The number of benzene rings is 1. The molecule has 2 amide bonds. The van der Waals surface area contributed by atoms with Gasteiger partial charge in [0, 0.05) is 40.5 Å². The number of carbonyl (C=O) groups is 2. The summed E-state index contributed by atoms with van der Waals surface area (Å²) in [6, 6.07) is 5.34. The zero-order valence-corrected chi connectivity index (χ0v) is 17.9. The zero-order valence-electron chi connectivity index (χ0n) is 17.9. The number of imidazole rings is 1. The van der Waals surface area contributed by atoms with Gasteiger partial charge in [-0.25, -0.2) is 14.2 Å². The highest BCUT2D eigenvalue weighted by molar-refractivity contribution is 5.90. The number of nitrogens with one attached hydrogen (secondary N) is 2. The molecule has 3 heterocycles. The number of hydrogen-bond acceptors (Lipinski definition) is 5. The smallest absolute Gasteiger partial charge is 0.332 e. The second-order valence-corrected chi connectivity index (χ2v) is 7.94. The van der Waals surface area contributed by atoms with Gasteiger partial charge in [-0.05, 0) is 17.7 Å². The molecule has 0 spiro atoms. The van der Waals surface area contributed by atoms with E-state index in [0.717, 1.165) is 4.57 Å². The number of amides is 2. The maximum Gasteiger partial charge on any atom is 0.332 e. The SMILES string of the molecule is CN1C(=O)CC(C(=O)NCCc2nc3c([nH]2)c(=O)n(C)c(=O)n3C)C1c1cccc(F)c1. The number of rotatable bonds is 5. The van der Waals surface area contributed by atoms with Crippen molar-refractivity contribution in [3.8, 4) is 0 Å². The van der Waals surface area contributed by atoms with E-state index in [1.165, 1.54) is 35.7 Å². The van der Waals surface area contributed by atoms with Crippen molar-refractivity contribution in [1.29, 1.82) is 0 Å². The Kier molecular flexibility index (Phi) is 5.41. The molecule has 4 rings (SSSR count). The van der Waals surface area contributed by atoms with Gasteiger partial charge < -0.3 is 15.2 Å². The highest BCUT2D eigenvalue weighted by atomic mass is 19.1. The lowest BCUT2D eigenvalue weighted by Gasteiger charge is -2.25. The van der Waals surface area contributed by atoms with E-state index in [9.17, 15) is 23.6 Å².